The van der Waals surface area contributed by atoms with Gasteiger partial charge in [-0.05, 0) is 55.0 Å². The van der Waals surface area contributed by atoms with E-state index in [0.717, 1.165) is 47.3 Å². The standard InChI is InChI=1S/C24H30N4O3.HI/c1-25-24(27-15-19-4-2-3-5-22(19)31-16-17-6-7-17)26-12-13-30-20-9-10-21-18(14-20)8-11-23(29)28-21;/h2-5,9-10,14,17H,6-8,11-13,15-16H2,1H3,(H,28,29)(H2,25,26,27);1H. The fourth-order valence-corrected chi connectivity index (χ4v) is 3.47. The number of nitrogens with zero attached hydrogens (tertiary/aromatic N) is 1. The number of para-hydroxylation sites is 1. The molecule has 1 heterocycles. The minimum atomic E-state index is 0. The summed E-state index contributed by atoms with van der Waals surface area (Å²) < 4.78 is 11.8. The Morgan fingerprint density at radius 2 is 1.97 bits per heavy atom. The molecule has 172 valence electrons. The third kappa shape index (κ3) is 7.01. The first-order valence-corrected chi connectivity index (χ1v) is 10.9. The first-order valence-electron chi connectivity index (χ1n) is 10.9. The van der Waals surface area contributed by atoms with Crippen LogP contribution in [0.4, 0.5) is 5.69 Å². The Hall–Kier alpha value is -2.49. The van der Waals surface area contributed by atoms with Crippen molar-refractivity contribution >= 4 is 41.5 Å². The average molecular weight is 550 g/mol. The molecule has 32 heavy (non-hydrogen) atoms. The van der Waals surface area contributed by atoms with Crippen LogP contribution in [0.25, 0.3) is 0 Å². The van der Waals surface area contributed by atoms with Gasteiger partial charge in [-0.2, -0.15) is 0 Å². The van der Waals surface area contributed by atoms with Crippen molar-refractivity contribution in [1.29, 1.82) is 0 Å². The van der Waals surface area contributed by atoms with Crippen LogP contribution in [0.3, 0.4) is 0 Å². The fraction of sp³-hybridized carbons (Fsp3) is 0.417. The van der Waals surface area contributed by atoms with Crippen LogP contribution in [0.5, 0.6) is 11.5 Å². The predicted octanol–water partition coefficient (Wildman–Crippen LogP) is 3.72. The Kier molecular flexibility index (Phi) is 9.01. The molecule has 0 spiro atoms. The molecule has 1 aliphatic heterocycles. The number of rotatable bonds is 9. The summed E-state index contributed by atoms with van der Waals surface area (Å²) in [5.74, 6) is 3.25. The van der Waals surface area contributed by atoms with Crippen molar-refractivity contribution in [2.45, 2.75) is 32.2 Å². The third-order valence-corrected chi connectivity index (χ3v) is 5.45. The van der Waals surface area contributed by atoms with Gasteiger partial charge in [-0.15, -0.1) is 24.0 Å². The first-order chi connectivity index (χ1) is 15.2. The molecular weight excluding hydrogens is 519 g/mol. The Morgan fingerprint density at radius 1 is 1.12 bits per heavy atom. The number of hydrogen-bond acceptors (Lipinski definition) is 4. The van der Waals surface area contributed by atoms with Crippen molar-refractivity contribution in [3.63, 3.8) is 0 Å². The summed E-state index contributed by atoms with van der Waals surface area (Å²) in [5.41, 5.74) is 3.11. The Balaban J connectivity index is 0.00000289. The fourth-order valence-electron chi connectivity index (χ4n) is 3.47. The summed E-state index contributed by atoms with van der Waals surface area (Å²) in [5, 5.41) is 9.49. The van der Waals surface area contributed by atoms with Gasteiger partial charge in [-0.3, -0.25) is 9.79 Å². The van der Waals surface area contributed by atoms with Gasteiger partial charge >= 0.3 is 0 Å². The van der Waals surface area contributed by atoms with Crippen molar-refractivity contribution < 1.29 is 14.3 Å². The number of fused-ring (bicyclic) bond motifs is 1. The molecule has 1 aliphatic carbocycles. The van der Waals surface area contributed by atoms with E-state index in [2.05, 4.69) is 27.0 Å². The number of hydrogen-bond donors (Lipinski definition) is 3. The smallest absolute Gasteiger partial charge is 0.224 e. The number of amides is 1. The SMILES string of the molecule is CN=C(NCCOc1ccc2c(c1)CCC(=O)N2)NCc1ccccc1OCC1CC1.I. The van der Waals surface area contributed by atoms with Gasteiger partial charge in [0.2, 0.25) is 5.91 Å². The Bertz CT molecular complexity index is 947. The van der Waals surface area contributed by atoms with E-state index in [0.29, 0.717) is 32.1 Å². The average Bonchev–Trinajstić information content (AvgIpc) is 3.62. The van der Waals surface area contributed by atoms with Crippen LogP contribution in [0, 0.1) is 5.92 Å². The van der Waals surface area contributed by atoms with Crippen molar-refractivity contribution in [3.05, 3.63) is 53.6 Å². The zero-order valence-electron chi connectivity index (χ0n) is 18.4. The maximum absolute atomic E-state index is 11.5. The number of carbonyl (C=O) groups excluding carboxylic acids is 1. The van der Waals surface area contributed by atoms with Crippen molar-refractivity contribution in [2.75, 3.05) is 32.1 Å². The molecule has 1 saturated carbocycles. The lowest BCUT2D eigenvalue weighted by molar-refractivity contribution is -0.116. The van der Waals surface area contributed by atoms with Crippen LogP contribution in [0.1, 0.15) is 30.4 Å². The highest BCUT2D eigenvalue weighted by molar-refractivity contribution is 14.0. The molecule has 2 aliphatic rings. The quantitative estimate of drug-likeness (QED) is 0.192. The second-order valence-corrected chi connectivity index (χ2v) is 7.93. The van der Waals surface area contributed by atoms with Crippen LogP contribution in [-0.4, -0.2) is 38.7 Å². The Morgan fingerprint density at radius 3 is 2.78 bits per heavy atom. The summed E-state index contributed by atoms with van der Waals surface area (Å²) >= 11 is 0. The number of anilines is 1. The third-order valence-electron chi connectivity index (χ3n) is 5.45. The maximum Gasteiger partial charge on any atom is 0.224 e. The van der Waals surface area contributed by atoms with Gasteiger partial charge in [0.15, 0.2) is 5.96 Å². The zero-order valence-corrected chi connectivity index (χ0v) is 20.7. The van der Waals surface area contributed by atoms with Gasteiger partial charge in [0, 0.05) is 31.3 Å². The minimum absolute atomic E-state index is 0. The summed E-state index contributed by atoms with van der Waals surface area (Å²) in [6.07, 6.45) is 3.83. The van der Waals surface area contributed by atoms with Crippen LogP contribution < -0.4 is 25.4 Å². The molecule has 0 aromatic heterocycles. The van der Waals surface area contributed by atoms with Gasteiger partial charge < -0.3 is 25.4 Å². The Labute approximate surface area is 206 Å². The molecule has 0 bridgehead atoms. The lowest BCUT2D eigenvalue weighted by Gasteiger charge is -2.18. The molecule has 0 radical (unpaired) electrons. The molecule has 2 aromatic carbocycles. The molecule has 0 saturated heterocycles. The highest BCUT2D eigenvalue weighted by Crippen LogP contribution is 2.30. The molecule has 8 heteroatoms. The van der Waals surface area contributed by atoms with E-state index < -0.39 is 0 Å². The van der Waals surface area contributed by atoms with E-state index in [4.69, 9.17) is 9.47 Å². The lowest BCUT2D eigenvalue weighted by atomic mass is 10.0. The highest BCUT2D eigenvalue weighted by Gasteiger charge is 2.22. The number of guanidine groups is 1. The summed E-state index contributed by atoms with van der Waals surface area (Å²) in [6.45, 7) is 2.56. The molecule has 4 rings (SSSR count). The van der Waals surface area contributed by atoms with E-state index in [1.54, 1.807) is 7.05 Å². The van der Waals surface area contributed by atoms with Crippen molar-refractivity contribution in [2.24, 2.45) is 10.9 Å². The van der Waals surface area contributed by atoms with Crippen LogP contribution >= 0.6 is 24.0 Å². The van der Waals surface area contributed by atoms with Gasteiger partial charge in [-0.1, -0.05) is 18.2 Å². The number of nitrogens with one attached hydrogen (secondary N) is 3. The topological polar surface area (TPSA) is 84.0 Å². The maximum atomic E-state index is 11.5. The molecule has 0 atom stereocenters. The molecule has 3 N–H and O–H groups in total. The number of ether oxygens (including phenoxy) is 2. The molecule has 0 unspecified atom stereocenters. The van der Waals surface area contributed by atoms with Gasteiger partial charge in [0.1, 0.15) is 18.1 Å². The molecular formula is C24H31IN4O3. The summed E-state index contributed by atoms with van der Waals surface area (Å²) in [6, 6.07) is 13.9. The predicted molar refractivity (Wildman–Crippen MR) is 137 cm³/mol. The largest absolute Gasteiger partial charge is 0.493 e. The van der Waals surface area contributed by atoms with E-state index in [-0.39, 0.29) is 29.9 Å². The summed E-state index contributed by atoms with van der Waals surface area (Å²) in [4.78, 5) is 15.7. The van der Waals surface area contributed by atoms with Crippen LogP contribution in [0.2, 0.25) is 0 Å². The van der Waals surface area contributed by atoms with Crippen molar-refractivity contribution in [1.82, 2.24) is 10.6 Å². The number of halogens is 1. The number of aryl methyl sites for hydroxylation is 1. The van der Waals surface area contributed by atoms with Gasteiger partial charge in [-0.25, -0.2) is 0 Å². The van der Waals surface area contributed by atoms with Gasteiger partial charge in [0.25, 0.3) is 0 Å². The van der Waals surface area contributed by atoms with E-state index in [9.17, 15) is 4.79 Å². The number of carbonyl (C=O) groups is 1. The second-order valence-electron chi connectivity index (χ2n) is 7.93. The number of aliphatic imine (C=N–C) groups is 1. The van der Waals surface area contributed by atoms with E-state index >= 15 is 0 Å². The summed E-state index contributed by atoms with van der Waals surface area (Å²) in [7, 11) is 1.75. The molecule has 1 amide bonds. The van der Waals surface area contributed by atoms with E-state index in [1.807, 2.05) is 36.4 Å². The van der Waals surface area contributed by atoms with Gasteiger partial charge in [0.05, 0.1) is 13.2 Å². The first kappa shape index (κ1) is 24.2. The number of benzene rings is 2. The van der Waals surface area contributed by atoms with Crippen LogP contribution in [-0.2, 0) is 17.8 Å². The minimum Gasteiger partial charge on any atom is -0.493 e. The van der Waals surface area contributed by atoms with Crippen LogP contribution in [0.15, 0.2) is 47.5 Å². The molecule has 7 nitrogen and oxygen atoms in total. The monoisotopic (exact) mass is 550 g/mol. The molecule has 1 fully saturated rings. The molecule has 2 aromatic rings. The van der Waals surface area contributed by atoms with Crippen molar-refractivity contribution in [3.8, 4) is 11.5 Å². The normalized spacial score (nSPS) is 15.2. The lowest BCUT2D eigenvalue weighted by Crippen LogP contribution is -2.39. The second kappa shape index (κ2) is 11.9. The zero-order chi connectivity index (χ0) is 21.5. The highest BCUT2D eigenvalue weighted by atomic mass is 127. The van der Waals surface area contributed by atoms with E-state index in [1.165, 1.54) is 12.8 Å².